The van der Waals surface area contributed by atoms with Gasteiger partial charge in [-0.05, 0) is 29.8 Å². The highest BCUT2D eigenvalue weighted by Gasteiger charge is 2.35. The van der Waals surface area contributed by atoms with Gasteiger partial charge in [-0.25, -0.2) is 13.6 Å². The molecule has 3 aromatic rings. The lowest BCUT2D eigenvalue weighted by Crippen LogP contribution is -2.39. The third kappa shape index (κ3) is 4.76. The molecule has 2 aromatic carbocycles. The largest absolute Gasteiger partial charge is 0.384 e. The number of halogens is 1. The topological polar surface area (TPSA) is 102 Å². The number of hydrogen-bond donors (Lipinski definition) is 2. The molecule has 29 heavy (non-hydrogen) atoms. The summed E-state index contributed by atoms with van der Waals surface area (Å²) in [5, 5.41) is 16.8. The molecule has 0 saturated carbocycles. The maximum Gasteiger partial charge on any atom is 0.212 e. The van der Waals surface area contributed by atoms with Crippen LogP contribution in [0.2, 0.25) is 5.02 Å². The summed E-state index contributed by atoms with van der Waals surface area (Å²) in [6.07, 6.45) is -0.0419. The summed E-state index contributed by atoms with van der Waals surface area (Å²) in [5.41, 5.74) is -0.000394. The number of sulfonamides is 1. The van der Waals surface area contributed by atoms with Crippen LogP contribution in [0.4, 0.5) is 0 Å². The van der Waals surface area contributed by atoms with Gasteiger partial charge in [0.1, 0.15) is 5.60 Å². The predicted molar refractivity (Wildman–Crippen MR) is 112 cm³/mol. The van der Waals surface area contributed by atoms with Crippen LogP contribution >= 0.6 is 11.6 Å². The Morgan fingerprint density at radius 3 is 2.31 bits per heavy atom. The predicted octanol–water partition coefficient (Wildman–Crippen LogP) is 2.63. The van der Waals surface area contributed by atoms with Crippen molar-refractivity contribution >= 4 is 27.4 Å². The van der Waals surface area contributed by atoms with Crippen molar-refractivity contribution < 1.29 is 18.3 Å². The normalized spacial score (nSPS) is 13.8. The van der Waals surface area contributed by atoms with Crippen molar-refractivity contribution in [1.29, 1.82) is 0 Å². The van der Waals surface area contributed by atoms with Gasteiger partial charge in [0.05, 0.1) is 16.5 Å². The first-order valence-electron chi connectivity index (χ1n) is 8.83. The van der Waals surface area contributed by atoms with E-state index in [0.29, 0.717) is 27.5 Å². The molecule has 3 rings (SSSR count). The number of carbonyl (C=O) groups is 1. The van der Waals surface area contributed by atoms with E-state index < -0.39 is 21.4 Å². The van der Waals surface area contributed by atoms with E-state index in [-0.39, 0.29) is 12.2 Å². The lowest BCUT2D eigenvalue weighted by molar-refractivity contribution is 0.0592. The van der Waals surface area contributed by atoms with Crippen molar-refractivity contribution in [3.8, 4) is 0 Å². The monoisotopic (exact) mass is 432 g/mol. The lowest BCUT2D eigenvalue weighted by Gasteiger charge is -2.28. The van der Waals surface area contributed by atoms with E-state index in [0.717, 1.165) is 0 Å². The molecule has 152 valence electrons. The van der Waals surface area contributed by atoms with Crippen molar-refractivity contribution in [3.63, 3.8) is 0 Å². The van der Waals surface area contributed by atoms with Crippen LogP contribution < -0.4 is 5.14 Å². The van der Waals surface area contributed by atoms with Gasteiger partial charge < -0.3 is 9.67 Å². The highest BCUT2D eigenvalue weighted by Crippen LogP contribution is 2.29. The zero-order chi connectivity index (χ0) is 21.2. The number of nitrogens with two attached hydrogens (primary N) is 1. The van der Waals surface area contributed by atoms with E-state index >= 15 is 0 Å². The van der Waals surface area contributed by atoms with E-state index in [2.05, 4.69) is 0 Å². The number of rotatable bonds is 7. The van der Waals surface area contributed by atoms with Crippen molar-refractivity contribution in [1.82, 2.24) is 4.57 Å². The van der Waals surface area contributed by atoms with Gasteiger partial charge in [-0.3, -0.25) is 4.79 Å². The molecular weight excluding hydrogens is 412 g/mol. The highest BCUT2D eigenvalue weighted by molar-refractivity contribution is 7.89. The molecule has 0 aliphatic rings. The summed E-state index contributed by atoms with van der Waals surface area (Å²) in [4.78, 5) is 12.9. The molecule has 3 N–H and O–H groups in total. The van der Waals surface area contributed by atoms with E-state index in [4.69, 9.17) is 16.7 Å². The summed E-state index contributed by atoms with van der Waals surface area (Å²) in [6, 6.07) is 18.5. The Morgan fingerprint density at radius 2 is 1.69 bits per heavy atom. The molecule has 0 aliphatic heterocycles. The number of nitrogens with zero attached hydrogens (tertiary/aromatic N) is 1. The lowest BCUT2D eigenvalue weighted by atomic mass is 9.91. The molecule has 8 heteroatoms. The molecule has 0 saturated heterocycles. The Labute approximate surface area is 174 Å². The molecular formula is C21H21ClN2O4S. The number of aliphatic hydroxyl groups is 1. The molecule has 1 unspecified atom stereocenters. The van der Waals surface area contributed by atoms with E-state index in [9.17, 15) is 18.3 Å². The van der Waals surface area contributed by atoms with E-state index in [1.807, 2.05) is 0 Å². The standard InChI is InChI=1S/C21H21ClN2O4S/c1-24-16(11-12-19(24)20(25)17-9-5-6-10-18(17)22)13-21(26,14-29(23,27)28)15-7-3-2-4-8-15/h2-12,26H,13-14H2,1H3,(H2,23,27,28). The zero-order valence-electron chi connectivity index (χ0n) is 15.7. The SMILES string of the molecule is Cn1c(CC(O)(CS(N)(=O)=O)c2ccccc2)ccc1C(=O)c1ccccc1Cl. The van der Waals surface area contributed by atoms with E-state index in [1.165, 1.54) is 0 Å². The van der Waals surface area contributed by atoms with Crippen LogP contribution in [-0.4, -0.2) is 29.6 Å². The van der Waals surface area contributed by atoms with Crippen LogP contribution in [0.1, 0.15) is 27.3 Å². The molecule has 0 aliphatic carbocycles. The minimum absolute atomic E-state index is 0.0419. The first-order chi connectivity index (χ1) is 13.6. The summed E-state index contributed by atoms with van der Waals surface area (Å²) in [5.74, 6) is -0.915. The number of benzene rings is 2. The van der Waals surface area contributed by atoms with Crippen molar-refractivity contribution in [2.75, 3.05) is 5.75 Å². The van der Waals surface area contributed by atoms with Gasteiger partial charge in [0.2, 0.25) is 15.8 Å². The Balaban J connectivity index is 1.98. The third-order valence-corrected chi connectivity index (χ3v) is 6.01. The van der Waals surface area contributed by atoms with Crippen LogP contribution in [0.3, 0.4) is 0 Å². The van der Waals surface area contributed by atoms with Gasteiger partial charge in [-0.15, -0.1) is 0 Å². The minimum Gasteiger partial charge on any atom is -0.384 e. The second kappa shape index (κ2) is 8.12. The molecule has 1 heterocycles. The summed E-state index contributed by atoms with van der Waals surface area (Å²) < 4.78 is 25.2. The van der Waals surface area contributed by atoms with Crippen LogP contribution in [0, 0.1) is 0 Å². The summed E-state index contributed by atoms with van der Waals surface area (Å²) in [7, 11) is -2.28. The molecule has 0 amide bonds. The Hall–Kier alpha value is -2.45. The molecule has 1 aromatic heterocycles. The van der Waals surface area contributed by atoms with Gasteiger partial charge in [0.25, 0.3) is 0 Å². The second-order valence-corrected chi connectivity index (χ2v) is 8.98. The van der Waals surface area contributed by atoms with E-state index in [1.54, 1.807) is 78.3 Å². The molecule has 0 spiro atoms. The summed E-state index contributed by atoms with van der Waals surface area (Å²) >= 11 is 6.14. The first kappa shape index (κ1) is 21.3. The van der Waals surface area contributed by atoms with Crippen molar-refractivity contribution in [2.45, 2.75) is 12.0 Å². The van der Waals surface area contributed by atoms with Crippen LogP contribution in [0.15, 0.2) is 66.7 Å². The van der Waals surface area contributed by atoms with Gasteiger partial charge in [-0.1, -0.05) is 54.1 Å². The van der Waals surface area contributed by atoms with Crippen molar-refractivity contribution in [2.24, 2.45) is 12.2 Å². The Bertz CT molecular complexity index is 1140. The second-order valence-electron chi connectivity index (χ2n) is 6.96. The fraction of sp³-hybridized carbons (Fsp3) is 0.190. The summed E-state index contributed by atoms with van der Waals surface area (Å²) in [6.45, 7) is 0. The Kier molecular flexibility index (Phi) is 5.95. The van der Waals surface area contributed by atoms with Gasteiger partial charge in [0, 0.05) is 24.7 Å². The number of aromatic nitrogens is 1. The molecule has 0 fully saturated rings. The smallest absolute Gasteiger partial charge is 0.212 e. The van der Waals surface area contributed by atoms with Gasteiger partial charge in [-0.2, -0.15) is 0 Å². The Morgan fingerprint density at radius 1 is 1.07 bits per heavy atom. The number of hydrogen-bond acceptors (Lipinski definition) is 4. The van der Waals surface area contributed by atoms with Gasteiger partial charge >= 0.3 is 0 Å². The first-order valence-corrected chi connectivity index (χ1v) is 10.9. The highest BCUT2D eigenvalue weighted by atomic mass is 35.5. The number of carbonyl (C=O) groups excluding carboxylic acids is 1. The maximum atomic E-state index is 12.9. The average molecular weight is 433 g/mol. The number of ketones is 1. The van der Waals surface area contributed by atoms with Crippen LogP contribution in [0.5, 0.6) is 0 Å². The zero-order valence-corrected chi connectivity index (χ0v) is 17.3. The van der Waals surface area contributed by atoms with Crippen LogP contribution in [-0.2, 0) is 29.1 Å². The third-order valence-electron chi connectivity index (χ3n) is 4.80. The fourth-order valence-corrected chi connectivity index (χ4v) is 4.52. The quantitative estimate of drug-likeness (QED) is 0.560. The molecule has 6 nitrogen and oxygen atoms in total. The molecule has 0 radical (unpaired) electrons. The number of primary sulfonamides is 1. The molecule has 1 atom stereocenters. The maximum absolute atomic E-state index is 12.9. The fourth-order valence-electron chi connectivity index (χ4n) is 3.36. The van der Waals surface area contributed by atoms with Gasteiger partial charge in [0.15, 0.2) is 0 Å². The van der Waals surface area contributed by atoms with Crippen molar-refractivity contribution in [3.05, 3.63) is 94.3 Å². The average Bonchev–Trinajstić information content (AvgIpc) is 3.01. The molecule has 0 bridgehead atoms. The minimum atomic E-state index is -3.96. The van der Waals surface area contributed by atoms with Crippen LogP contribution in [0.25, 0.3) is 0 Å².